The lowest BCUT2D eigenvalue weighted by Gasteiger charge is -2.17. The topological polar surface area (TPSA) is 55.8 Å². The SMILES string of the molecule is CCOC(=O)CCN(C)C(=O)Cc1cc(Cl)ccc1OC. The minimum absolute atomic E-state index is 0.111. The summed E-state index contributed by atoms with van der Waals surface area (Å²) in [4.78, 5) is 24.9. The first-order valence-electron chi connectivity index (χ1n) is 6.70. The van der Waals surface area contributed by atoms with Gasteiger partial charge < -0.3 is 14.4 Å². The zero-order chi connectivity index (χ0) is 15.8. The van der Waals surface area contributed by atoms with Crippen LogP contribution in [0.1, 0.15) is 18.9 Å². The number of halogens is 1. The van der Waals surface area contributed by atoms with Crippen molar-refractivity contribution in [3.63, 3.8) is 0 Å². The molecule has 0 radical (unpaired) electrons. The summed E-state index contributed by atoms with van der Waals surface area (Å²) in [5, 5.41) is 0.549. The van der Waals surface area contributed by atoms with Gasteiger partial charge in [-0.1, -0.05) is 11.6 Å². The van der Waals surface area contributed by atoms with E-state index in [2.05, 4.69) is 0 Å². The molecule has 0 aliphatic rings. The van der Waals surface area contributed by atoms with Crippen LogP contribution in [0.5, 0.6) is 5.75 Å². The molecule has 1 rings (SSSR count). The van der Waals surface area contributed by atoms with Crippen molar-refractivity contribution in [3.8, 4) is 5.75 Å². The molecular formula is C15H20ClNO4. The number of nitrogens with zero attached hydrogens (tertiary/aromatic N) is 1. The molecule has 116 valence electrons. The normalized spacial score (nSPS) is 10.1. The highest BCUT2D eigenvalue weighted by Gasteiger charge is 2.14. The Bertz CT molecular complexity index is 504. The average Bonchev–Trinajstić information content (AvgIpc) is 2.45. The number of benzene rings is 1. The highest BCUT2D eigenvalue weighted by molar-refractivity contribution is 6.30. The zero-order valence-corrected chi connectivity index (χ0v) is 13.3. The van der Waals surface area contributed by atoms with Gasteiger partial charge in [0.1, 0.15) is 5.75 Å². The largest absolute Gasteiger partial charge is 0.496 e. The lowest BCUT2D eigenvalue weighted by Crippen LogP contribution is -2.30. The van der Waals surface area contributed by atoms with Crippen molar-refractivity contribution in [2.45, 2.75) is 19.8 Å². The van der Waals surface area contributed by atoms with E-state index in [1.165, 1.54) is 4.90 Å². The third kappa shape index (κ3) is 5.63. The summed E-state index contributed by atoms with van der Waals surface area (Å²) >= 11 is 5.93. The number of esters is 1. The van der Waals surface area contributed by atoms with Gasteiger partial charge in [-0.3, -0.25) is 9.59 Å². The van der Waals surface area contributed by atoms with Crippen molar-refractivity contribution in [1.82, 2.24) is 4.90 Å². The number of ether oxygens (including phenoxy) is 2. The van der Waals surface area contributed by atoms with E-state index in [1.54, 1.807) is 39.3 Å². The summed E-state index contributed by atoms with van der Waals surface area (Å²) in [6, 6.07) is 5.14. The van der Waals surface area contributed by atoms with Crippen LogP contribution in [0.4, 0.5) is 0 Å². The molecule has 0 saturated heterocycles. The van der Waals surface area contributed by atoms with E-state index in [4.69, 9.17) is 21.1 Å². The van der Waals surface area contributed by atoms with Gasteiger partial charge in [-0.05, 0) is 25.1 Å². The maximum atomic E-state index is 12.1. The zero-order valence-electron chi connectivity index (χ0n) is 12.5. The first-order valence-corrected chi connectivity index (χ1v) is 7.07. The van der Waals surface area contributed by atoms with Crippen LogP contribution in [0.25, 0.3) is 0 Å². The van der Waals surface area contributed by atoms with Crippen LogP contribution in [0.3, 0.4) is 0 Å². The van der Waals surface area contributed by atoms with Gasteiger partial charge in [0.15, 0.2) is 0 Å². The van der Waals surface area contributed by atoms with Gasteiger partial charge in [0.05, 0.1) is 26.6 Å². The van der Waals surface area contributed by atoms with E-state index >= 15 is 0 Å². The monoisotopic (exact) mass is 313 g/mol. The molecule has 0 bridgehead atoms. The van der Waals surface area contributed by atoms with Gasteiger partial charge in [0, 0.05) is 24.2 Å². The van der Waals surface area contributed by atoms with Crippen LogP contribution in [0.15, 0.2) is 18.2 Å². The number of methoxy groups -OCH3 is 1. The highest BCUT2D eigenvalue weighted by atomic mass is 35.5. The average molecular weight is 314 g/mol. The van der Waals surface area contributed by atoms with Crippen molar-refractivity contribution in [1.29, 1.82) is 0 Å². The second-order valence-corrected chi connectivity index (χ2v) is 4.94. The lowest BCUT2D eigenvalue weighted by molar-refractivity contribution is -0.143. The van der Waals surface area contributed by atoms with Gasteiger partial charge in [0.2, 0.25) is 5.91 Å². The maximum Gasteiger partial charge on any atom is 0.307 e. The molecule has 0 spiro atoms. The van der Waals surface area contributed by atoms with Gasteiger partial charge in [-0.25, -0.2) is 0 Å². The molecule has 0 heterocycles. The van der Waals surface area contributed by atoms with Gasteiger partial charge in [0.25, 0.3) is 0 Å². The lowest BCUT2D eigenvalue weighted by atomic mass is 10.1. The number of likely N-dealkylation sites (N-methyl/N-ethyl adjacent to an activating group) is 1. The fourth-order valence-electron chi connectivity index (χ4n) is 1.80. The number of rotatable bonds is 7. The number of carbonyl (C=O) groups is 2. The van der Waals surface area contributed by atoms with Crippen molar-refractivity contribution >= 4 is 23.5 Å². The Morgan fingerprint density at radius 2 is 2.05 bits per heavy atom. The Morgan fingerprint density at radius 1 is 1.33 bits per heavy atom. The Balaban J connectivity index is 2.60. The first kappa shape index (κ1) is 17.3. The summed E-state index contributed by atoms with van der Waals surface area (Å²) in [6.45, 7) is 2.41. The fourth-order valence-corrected chi connectivity index (χ4v) is 1.99. The molecule has 5 nitrogen and oxygen atoms in total. The quantitative estimate of drug-likeness (QED) is 0.725. The van der Waals surface area contributed by atoms with Gasteiger partial charge in [-0.2, -0.15) is 0 Å². The van der Waals surface area contributed by atoms with E-state index < -0.39 is 0 Å². The molecule has 0 aliphatic heterocycles. The summed E-state index contributed by atoms with van der Waals surface area (Å²) < 4.78 is 10.0. The Morgan fingerprint density at radius 3 is 2.67 bits per heavy atom. The van der Waals surface area contributed by atoms with Crippen LogP contribution in [0.2, 0.25) is 5.02 Å². The van der Waals surface area contributed by atoms with Crippen LogP contribution < -0.4 is 4.74 Å². The molecule has 0 atom stereocenters. The Kier molecular flexibility index (Phi) is 7.02. The smallest absolute Gasteiger partial charge is 0.307 e. The van der Waals surface area contributed by atoms with Crippen LogP contribution in [-0.4, -0.2) is 44.1 Å². The molecule has 1 aromatic carbocycles. The number of hydrogen-bond acceptors (Lipinski definition) is 4. The van der Waals surface area contributed by atoms with Crippen molar-refractivity contribution in [2.24, 2.45) is 0 Å². The predicted molar refractivity (Wildman–Crippen MR) is 80.6 cm³/mol. The Hall–Kier alpha value is -1.75. The summed E-state index contributed by atoms with van der Waals surface area (Å²) in [6.07, 6.45) is 0.353. The summed E-state index contributed by atoms with van der Waals surface area (Å²) in [5.41, 5.74) is 0.720. The molecule has 21 heavy (non-hydrogen) atoms. The number of amides is 1. The van der Waals surface area contributed by atoms with E-state index in [-0.39, 0.29) is 24.7 Å². The third-order valence-electron chi connectivity index (χ3n) is 2.97. The third-order valence-corrected chi connectivity index (χ3v) is 3.20. The molecule has 1 aromatic rings. The van der Waals surface area contributed by atoms with Crippen molar-refractivity contribution in [3.05, 3.63) is 28.8 Å². The molecule has 0 N–H and O–H groups in total. The van der Waals surface area contributed by atoms with Crippen LogP contribution in [0, 0.1) is 0 Å². The number of hydrogen-bond donors (Lipinski definition) is 0. The first-order chi connectivity index (χ1) is 9.97. The van der Waals surface area contributed by atoms with E-state index in [0.29, 0.717) is 23.9 Å². The Labute approximate surface area is 129 Å². The van der Waals surface area contributed by atoms with Gasteiger partial charge in [-0.15, -0.1) is 0 Å². The van der Waals surface area contributed by atoms with E-state index in [1.807, 2.05) is 0 Å². The van der Waals surface area contributed by atoms with Crippen molar-refractivity contribution in [2.75, 3.05) is 27.3 Å². The second-order valence-electron chi connectivity index (χ2n) is 4.50. The molecule has 0 saturated carbocycles. The highest BCUT2D eigenvalue weighted by Crippen LogP contribution is 2.23. The van der Waals surface area contributed by atoms with Crippen LogP contribution >= 0.6 is 11.6 Å². The molecule has 0 fully saturated rings. The molecule has 0 unspecified atom stereocenters. The molecule has 6 heteroatoms. The molecule has 0 aliphatic carbocycles. The molecular weight excluding hydrogens is 294 g/mol. The standard InChI is InChI=1S/C15H20ClNO4/c1-4-21-15(19)7-8-17(2)14(18)10-11-9-12(16)5-6-13(11)20-3/h5-6,9H,4,7-8,10H2,1-3H3. The second kappa shape index (κ2) is 8.52. The molecule has 0 aromatic heterocycles. The fraction of sp³-hybridized carbons (Fsp3) is 0.467. The van der Waals surface area contributed by atoms with Crippen molar-refractivity contribution < 1.29 is 19.1 Å². The van der Waals surface area contributed by atoms with Gasteiger partial charge >= 0.3 is 5.97 Å². The summed E-state index contributed by atoms with van der Waals surface area (Å²) in [5.74, 6) is 0.198. The maximum absolute atomic E-state index is 12.1. The number of carbonyl (C=O) groups excluding carboxylic acids is 2. The minimum Gasteiger partial charge on any atom is -0.496 e. The summed E-state index contributed by atoms with van der Waals surface area (Å²) in [7, 11) is 3.19. The van der Waals surface area contributed by atoms with Crippen LogP contribution in [-0.2, 0) is 20.7 Å². The van der Waals surface area contributed by atoms with E-state index in [9.17, 15) is 9.59 Å². The predicted octanol–water partition coefficient (Wildman–Crippen LogP) is 2.30. The minimum atomic E-state index is -0.308. The van der Waals surface area contributed by atoms with E-state index in [0.717, 1.165) is 5.56 Å². The molecule has 1 amide bonds.